The van der Waals surface area contributed by atoms with Crippen LogP contribution in [0.1, 0.15) is 36.0 Å². The molecule has 1 aliphatic carbocycles. The lowest BCUT2D eigenvalue weighted by Gasteiger charge is -2.36. The Balaban J connectivity index is 1.71. The van der Waals surface area contributed by atoms with E-state index in [0.717, 1.165) is 24.1 Å². The fraction of sp³-hybridized carbons (Fsp3) is 0.429. The Morgan fingerprint density at radius 3 is 2.39 bits per heavy atom. The summed E-state index contributed by atoms with van der Waals surface area (Å²) >= 11 is 0. The molecule has 0 radical (unpaired) electrons. The normalized spacial score (nSPS) is 27.8. The molecule has 2 aromatic carbocycles. The van der Waals surface area contributed by atoms with E-state index in [9.17, 15) is 5.11 Å². The van der Waals surface area contributed by atoms with E-state index in [1.165, 1.54) is 37.9 Å². The fourth-order valence-electron chi connectivity index (χ4n) is 4.44. The second-order valence-corrected chi connectivity index (χ2v) is 7.05. The molecule has 1 saturated heterocycles. The van der Waals surface area contributed by atoms with Crippen molar-refractivity contribution in [3.05, 3.63) is 71.3 Å². The van der Waals surface area contributed by atoms with E-state index in [0.29, 0.717) is 0 Å². The molecule has 2 aliphatic rings. The standard InChI is InChI=1S/C21H25NO/c23-21(18-10-3-1-4-11-18)19(16-22-13-7-2-8-14-22)15-17-9-5-6-12-20(17)21/h1,3-6,9-12,19,23H,2,7-8,13-16H2. The highest BCUT2D eigenvalue weighted by Gasteiger charge is 2.46. The predicted octanol–water partition coefficient (Wildman–Crippen LogP) is 3.58. The van der Waals surface area contributed by atoms with Gasteiger partial charge in [0.15, 0.2) is 0 Å². The quantitative estimate of drug-likeness (QED) is 0.937. The lowest BCUT2D eigenvalue weighted by atomic mass is 9.80. The molecule has 4 rings (SSSR count). The second-order valence-electron chi connectivity index (χ2n) is 7.05. The van der Waals surface area contributed by atoms with E-state index in [2.05, 4.69) is 41.3 Å². The minimum absolute atomic E-state index is 0.236. The second kappa shape index (κ2) is 6.10. The Kier molecular flexibility index (Phi) is 3.96. The van der Waals surface area contributed by atoms with Crippen LogP contribution in [0.4, 0.5) is 0 Å². The molecule has 1 N–H and O–H groups in total. The number of fused-ring (bicyclic) bond motifs is 1. The third kappa shape index (κ3) is 2.60. The van der Waals surface area contributed by atoms with Gasteiger partial charge in [0, 0.05) is 12.5 Å². The first-order chi connectivity index (χ1) is 11.3. The van der Waals surface area contributed by atoms with Gasteiger partial charge in [-0.1, -0.05) is 61.0 Å². The molecule has 2 atom stereocenters. The maximum Gasteiger partial charge on any atom is 0.119 e. The van der Waals surface area contributed by atoms with Gasteiger partial charge >= 0.3 is 0 Å². The van der Waals surface area contributed by atoms with Crippen LogP contribution in [-0.4, -0.2) is 29.6 Å². The zero-order chi connectivity index (χ0) is 15.7. The maximum absolute atomic E-state index is 11.8. The van der Waals surface area contributed by atoms with Crippen LogP contribution in [0, 0.1) is 5.92 Å². The van der Waals surface area contributed by atoms with Gasteiger partial charge in [0.05, 0.1) is 0 Å². The molecule has 120 valence electrons. The summed E-state index contributed by atoms with van der Waals surface area (Å²) in [4.78, 5) is 2.55. The molecular weight excluding hydrogens is 282 g/mol. The highest BCUT2D eigenvalue weighted by atomic mass is 16.3. The molecule has 1 aliphatic heterocycles. The van der Waals surface area contributed by atoms with Gasteiger partial charge in [0.1, 0.15) is 5.60 Å². The molecule has 2 aromatic rings. The van der Waals surface area contributed by atoms with Crippen LogP contribution in [0.15, 0.2) is 54.6 Å². The molecule has 2 unspecified atom stereocenters. The Bertz CT molecular complexity index is 663. The number of rotatable bonds is 3. The number of aliphatic hydroxyl groups is 1. The van der Waals surface area contributed by atoms with Crippen LogP contribution in [-0.2, 0) is 12.0 Å². The van der Waals surface area contributed by atoms with Crippen molar-refractivity contribution in [2.24, 2.45) is 5.92 Å². The van der Waals surface area contributed by atoms with Crippen molar-refractivity contribution in [2.75, 3.05) is 19.6 Å². The minimum atomic E-state index is -0.852. The molecule has 2 nitrogen and oxygen atoms in total. The lowest BCUT2D eigenvalue weighted by Crippen LogP contribution is -2.42. The predicted molar refractivity (Wildman–Crippen MR) is 93.4 cm³/mol. The molecule has 2 heteroatoms. The SMILES string of the molecule is OC1(c2ccccc2)c2ccccc2CC1CN1CCCCC1. The Labute approximate surface area is 138 Å². The molecule has 0 bridgehead atoms. The summed E-state index contributed by atoms with van der Waals surface area (Å²) in [7, 11) is 0. The number of nitrogens with zero attached hydrogens (tertiary/aromatic N) is 1. The molecule has 0 aromatic heterocycles. The third-order valence-corrected chi connectivity index (χ3v) is 5.63. The van der Waals surface area contributed by atoms with Gasteiger partial charge in [-0.05, 0) is 49.0 Å². The highest BCUT2D eigenvalue weighted by molar-refractivity contribution is 5.46. The van der Waals surface area contributed by atoms with Crippen molar-refractivity contribution in [2.45, 2.75) is 31.3 Å². The first kappa shape index (κ1) is 14.9. The van der Waals surface area contributed by atoms with Crippen LogP contribution in [0.2, 0.25) is 0 Å². The number of hydrogen-bond donors (Lipinski definition) is 1. The van der Waals surface area contributed by atoms with Crippen LogP contribution in [0.25, 0.3) is 0 Å². The number of benzene rings is 2. The van der Waals surface area contributed by atoms with Gasteiger partial charge in [-0.3, -0.25) is 0 Å². The van der Waals surface area contributed by atoms with E-state index in [-0.39, 0.29) is 5.92 Å². The minimum Gasteiger partial charge on any atom is -0.380 e. The van der Waals surface area contributed by atoms with Gasteiger partial charge in [0.25, 0.3) is 0 Å². The van der Waals surface area contributed by atoms with Gasteiger partial charge in [-0.25, -0.2) is 0 Å². The van der Waals surface area contributed by atoms with Crippen molar-refractivity contribution in [3.63, 3.8) is 0 Å². The maximum atomic E-state index is 11.8. The fourth-order valence-corrected chi connectivity index (χ4v) is 4.44. The first-order valence-corrected chi connectivity index (χ1v) is 8.87. The summed E-state index contributed by atoms with van der Waals surface area (Å²) in [5.41, 5.74) is 2.59. The summed E-state index contributed by atoms with van der Waals surface area (Å²) in [6.45, 7) is 3.34. The van der Waals surface area contributed by atoms with Gasteiger partial charge < -0.3 is 10.0 Å². The summed E-state index contributed by atoms with van der Waals surface area (Å²) in [6, 6.07) is 18.7. The van der Waals surface area contributed by atoms with Gasteiger partial charge in [-0.2, -0.15) is 0 Å². The van der Waals surface area contributed by atoms with Crippen LogP contribution < -0.4 is 0 Å². The Hall–Kier alpha value is -1.64. The number of hydrogen-bond acceptors (Lipinski definition) is 2. The van der Waals surface area contributed by atoms with Gasteiger partial charge in [-0.15, -0.1) is 0 Å². The summed E-state index contributed by atoms with van der Waals surface area (Å²) in [5.74, 6) is 0.236. The van der Waals surface area contributed by atoms with Crippen LogP contribution in [0.5, 0.6) is 0 Å². The van der Waals surface area contributed by atoms with Crippen molar-refractivity contribution < 1.29 is 5.11 Å². The Morgan fingerprint density at radius 1 is 0.913 bits per heavy atom. The summed E-state index contributed by atoms with van der Waals surface area (Å²) in [6.07, 6.45) is 4.91. The number of piperidine rings is 1. The largest absolute Gasteiger partial charge is 0.380 e. The highest BCUT2D eigenvalue weighted by Crippen LogP contribution is 2.46. The Morgan fingerprint density at radius 2 is 1.61 bits per heavy atom. The molecule has 1 fully saturated rings. The molecular formula is C21H25NO. The van der Waals surface area contributed by atoms with E-state index in [1.54, 1.807) is 0 Å². The van der Waals surface area contributed by atoms with Crippen LogP contribution in [0.3, 0.4) is 0 Å². The first-order valence-electron chi connectivity index (χ1n) is 8.87. The molecule has 0 amide bonds. The molecule has 1 heterocycles. The molecule has 23 heavy (non-hydrogen) atoms. The van der Waals surface area contributed by atoms with Crippen LogP contribution >= 0.6 is 0 Å². The van der Waals surface area contributed by atoms with E-state index in [4.69, 9.17) is 0 Å². The van der Waals surface area contributed by atoms with Gasteiger partial charge in [0.2, 0.25) is 0 Å². The lowest BCUT2D eigenvalue weighted by molar-refractivity contribution is 0.00996. The molecule has 0 spiro atoms. The zero-order valence-corrected chi connectivity index (χ0v) is 13.6. The average Bonchev–Trinajstić information content (AvgIpc) is 2.90. The molecule has 0 saturated carbocycles. The van der Waals surface area contributed by atoms with E-state index < -0.39 is 5.60 Å². The van der Waals surface area contributed by atoms with Crippen molar-refractivity contribution >= 4 is 0 Å². The van der Waals surface area contributed by atoms with Crippen molar-refractivity contribution in [1.29, 1.82) is 0 Å². The third-order valence-electron chi connectivity index (χ3n) is 5.63. The summed E-state index contributed by atoms with van der Waals surface area (Å²) in [5, 5.41) is 11.8. The average molecular weight is 307 g/mol. The van der Waals surface area contributed by atoms with Crippen molar-refractivity contribution in [1.82, 2.24) is 4.90 Å². The summed E-state index contributed by atoms with van der Waals surface area (Å²) < 4.78 is 0. The number of likely N-dealkylation sites (tertiary alicyclic amines) is 1. The van der Waals surface area contributed by atoms with E-state index in [1.807, 2.05) is 18.2 Å². The zero-order valence-electron chi connectivity index (χ0n) is 13.6. The monoisotopic (exact) mass is 307 g/mol. The smallest absolute Gasteiger partial charge is 0.119 e. The topological polar surface area (TPSA) is 23.5 Å². The van der Waals surface area contributed by atoms with Crippen molar-refractivity contribution in [3.8, 4) is 0 Å². The van der Waals surface area contributed by atoms with E-state index >= 15 is 0 Å².